The summed E-state index contributed by atoms with van der Waals surface area (Å²) in [7, 11) is 1.42. The van der Waals surface area contributed by atoms with Gasteiger partial charge in [0.15, 0.2) is 5.96 Å². The van der Waals surface area contributed by atoms with Crippen molar-refractivity contribution in [2.75, 3.05) is 33.3 Å². The third-order valence-electron chi connectivity index (χ3n) is 4.71. The zero-order valence-corrected chi connectivity index (χ0v) is 19.7. The number of hydrogen-bond acceptors (Lipinski definition) is 5. The largest absolute Gasteiger partial charge is 0.469 e. The minimum absolute atomic E-state index is 0. The van der Waals surface area contributed by atoms with Crippen molar-refractivity contribution in [1.29, 1.82) is 0 Å². The number of benzene rings is 1. The standard InChI is InChI=1S/C20H29N5O4.HI/c1-3-22-20(25-10-8-16(9-11-25)19(28)29-2)24-12-14-4-6-15(7-5-14)18(27)23-13-17(21)26;/h4-7,16H,3,8-13H2,1-2H3,(H2,21,26)(H,22,24)(H,23,27);1H. The Balaban J connectivity index is 0.00000450. The number of halogens is 1. The van der Waals surface area contributed by atoms with Crippen LogP contribution in [0.3, 0.4) is 0 Å². The van der Waals surface area contributed by atoms with Crippen LogP contribution >= 0.6 is 24.0 Å². The molecule has 1 saturated heterocycles. The predicted octanol–water partition coefficient (Wildman–Crippen LogP) is 0.870. The third kappa shape index (κ3) is 7.81. The van der Waals surface area contributed by atoms with Crippen LogP contribution in [0.2, 0.25) is 0 Å². The van der Waals surface area contributed by atoms with Crippen molar-refractivity contribution >= 4 is 47.7 Å². The van der Waals surface area contributed by atoms with Gasteiger partial charge in [-0.25, -0.2) is 4.99 Å². The van der Waals surface area contributed by atoms with Gasteiger partial charge < -0.3 is 26.0 Å². The Bertz CT molecular complexity index is 746. The average Bonchev–Trinajstić information content (AvgIpc) is 2.74. The van der Waals surface area contributed by atoms with E-state index in [2.05, 4.69) is 20.5 Å². The average molecular weight is 531 g/mol. The van der Waals surface area contributed by atoms with Gasteiger partial charge in [-0.15, -0.1) is 24.0 Å². The second-order valence-electron chi connectivity index (χ2n) is 6.80. The SMILES string of the molecule is CCNC(=NCc1ccc(C(=O)NCC(N)=O)cc1)N1CCC(C(=O)OC)CC1.I. The molecular weight excluding hydrogens is 501 g/mol. The lowest BCUT2D eigenvalue weighted by molar-refractivity contribution is -0.146. The molecule has 0 aromatic heterocycles. The first-order valence-electron chi connectivity index (χ1n) is 9.71. The highest BCUT2D eigenvalue weighted by Gasteiger charge is 2.26. The minimum atomic E-state index is -0.587. The third-order valence-corrected chi connectivity index (χ3v) is 4.71. The van der Waals surface area contributed by atoms with E-state index in [1.807, 2.05) is 19.1 Å². The van der Waals surface area contributed by atoms with Gasteiger partial charge in [0.2, 0.25) is 5.91 Å². The molecule has 1 aromatic rings. The summed E-state index contributed by atoms with van der Waals surface area (Å²) >= 11 is 0. The zero-order valence-electron chi connectivity index (χ0n) is 17.3. The fourth-order valence-corrected chi connectivity index (χ4v) is 3.12. The number of guanidine groups is 1. The second-order valence-corrected chi connectivity index (χ2v) is 6.80. The van der Waals surface area contributed by atoms with Crippen LogP contribution in [0, 0.1) is 5.92 Å². The Morgan fingerprint density at radius 2 is 1.80 bits per heavy atom. The Kier molecular flexibility index (Phi) is 11.2. The molecule has 2 amide bonds. The summed E-state index contributed by atoms with van der Waals surface area (Å²) < 4.78 is 4.84. The molecule has 0 spiro atoms. The van der Waals surface area contributed by atoms with E-state index in [1.165, 1.54) is 7.11 Å². The van der Waals surface area contributed by atoms with Crippen molar-refractivity contribution in [2.45, 2.75) is 26.3 Å². The number of carbonyl (C=O) groups is 3. The molecule has 1 aromatic carbocycles. The van der Waals surface area contributed by atoms with Gasteiger partial charge in [0.05, 0.1) is 26.1 Å². The van der Waals surface area contributed by atoms with Gasteiger partial charge in [0.1, 0.15) is 0 Å². The Morgan fingerprint density at radius 1 is 1.17 bits per heavy atom. The van der Waals surface area contributed by atoms with Crippen LogP contribution in [0.1, 0.15) is 35.7 Å². The highest BCUT2D eigenvalue weighted by atomic mass is 127. The van der Waals surface area contributed by atoms with Crippen molar-refractivity contribution in [1.82, 2.24) is 15.5 Å². The van der Waals surface area contributed by atoms with E-state index >= 15 is 0 Å². The number of nitrogens with two attached hydrogens (primary N) is 1. The van der Waals surface area contributed by atoms with E-state index in [4.69, 9.17) is 10.5 Å². The first-order valence-corrected chi connectivity index (χ1v) is 9.71. The number of rotatable bonds is 7. The second kappa shape index (κ2) is 13.0. The van der Waals surface area contributed by atoms with Crippen LogP contribution in [0.4, 0.5) is 0 Å². The fourth-order valence-electron chi connectivity index (χ4n) is 3.12. The molecule has 4 N–H and O–H groups in total. The summed E-state index contributed by atoms with van der Waals surface area (Å²) in [6.07, 6.45) is 1.48. The molecular formula is C20H30IN5O4. The van der Waals surface area contributed by atoms with E-state index in [0.29, 0.717) is 12.1 Å². The van der Waals surface area contributed by atoms with Gasteiger partial charge in [-0.3, -0.25) is 14.4 Å². The van der Waals surface area contributed by atoms with Gasteiger partial charge >= 0.3 is 5.97 Å². The molecule has 1 heterocycles. The number of amides is 2. The molecule has 1 fully saturated rings. The highest BCUT2D eigenvalue weighted by molar-refractivity contribution is 14.0. The summed E-state index contributed by atoms with van der Waals surface area (Å²) in [5.41, 5.74) is 6.43. The molecule has 1 aliphatic rings. The van der Waals surface area contributed by atoms with E-state index in [1.54, 1.807) is 12.1 Å². The van der Waals surface area contributed by atoms with Crippen molar-refractivity contribution in [3.8, 4) is 0 Å². The highest BCUT2D eigenvalue weighted by Crippen LogP contribution is 2.18. The Hall–Kier alpha value is -2.37. The van der Waals surface area contributed by atoms with Crippen LogP contribution in [0.15, 0.2) is 29.3 Å². The van der Waals surface area contributed by atoms with E-state index in [0.717, 1.165) is 44.0 Å². The lowest BCUT2D eigenvalue weighted by Crippen LogP contribution is -2.46. The van der Waals surface area contributed by atoms with Crippen molar-refractivity contribution in [3.63, 3.8) is 0 Å². The first-order chi connectivity index (χ1) is 13.9. The number of esters is 1. The Labute approximate surface area is 193 Å². The van der Waals surface area contributed by atoms with Crippen LogP contribution in [0.5, 0.6) is 0 Å². The normalized spacial score (nSPS) is 14.5. The molecule has 9 nitrogen and oxygen atoms in total. The molecule has 0 aliphatic carbocycles. The molecule has 0 bridgehead atoms. The van der Waals surface area contributed by atoms with E-state index in [-0.39, 0.29) is 48.3 Å². The molecule has 0 saturated carbocycles. The molecule has 1 aliphatic heterocycles. The van der Waals surface area contributed by atoms with Crippen LogP contribution in [0.25, 0.3) is 0 Å². The van der Waals surface area contributed by atoms with Crippen LogP contribution in [-0.4, -0.2) is 61.9 Å². The monoisotopic (exact) mass is 531 g/mol. The maximum Gasteiger partial charge on any atom is 0.308 e. The number of likely N-dealkylation sites (tertiary alicyclic amines) is 1. The van der Waals surface area contributed by atoms with Gasteiger partial charge in [-0.1, -0.05) is 12.1 Å². The van der Waals surface area contributed by atoms with Crippen molar-refractivity contribution in [2.24, 2.45) is 16.6 Å². The summed E-state index contributed by atoms with van der Waals surface area (Å²) in [6.45, 7) is 4.51. The summed E-state index contributed by atoms with van der Waals surface area (Å²) in [5.74, 6) is -0.324. The number of primary amides is 1. The van der Waals surface area contributed by atoms with Crippen LogP contribution in [-0.2, 0) is 20.9 Å². The van der Waals surface area contributed by atoms with E-state index in [9.17, 15) is 14.4 Å². The maximum atomic E-state index is 11.9. The fraction of sp³-hybridized carbons (Fsp3) is 0.500. The van der Waals surface area contributed by atoms with Crippen LogP contribution < -0.4 is 16.4 Å². The number of methoxy groups -OCH3 is 1. The quantitative estimate of drug-likeness (QED) is 0.208. The van der Waals surface area contributed by atoms with Gasteiger partial charge in [-0.05, 0) is 37.5 Å². The predicted molar refractivity (Wildman–Crippen MR) is 125 cm³/mol. The number of nitrogens with one attached hydrogen (secondary N) is 2. The zero-order chi connectivity index (χ0) is 21.2. The number of carbonyl (C=O) groups excluding carboxylic acids is 3. The topological polar surface area (TPSA) is 126 Å². The molecule has 10 heteroatoms. The smallest absolute Gasteiger partial charge is 0.308 e. The van der Waals surface area contributed by atoms with Crippen molar-refractivity contribution in [3.05, 3.63) is 35.4 Å². The van der Waals surface area contributed by atoms with Gasteiger partial charge in [0.25, 0.3) is 5.91 Å². The molecule has 166 valence electrons. The van der Waals surface area contributed by atoms with Gasteiger partial charge in [0, 0.05) is 25.2 Å². The molecule has 2 rings (SSSR count). The molecule has 0 atom stereocenters. The number of hydrogen-bond donors (Lipinski definition) is 3. The van der Waals surface area contributed by atoms with Crippen molar-refractivity contribution < 1.29 is 19.1 Å². The lowest BCUT2D eigenvalue weighted by atomic mass is 9.97. The maximum absolute atomic E-state index is 11.9. The molecule has 0 radical (unpaired) electrons. The number of nitrogens with zero attached hydrogens (tertiary/aromatic N) is 2. The lowest BCUT2D eigenvalue weighted by Gasteiger charge is -2.33. The summed E-state index contributed by atoms with van der Waals surface area (Å²) in [5, 5.41) is 5.74. The summed E-state index contributed by atoms with van der Waals surface area (Å²) in [6, 6.07) is 7.04. The number of aliphatic imine (C=N–C) groups is 1. The first kappa shape index (κ1) is 25.7. The van der Waals surface area contributed by atoms with Gasteiger partial charge in [-0.2, -0.15) is 0 Å². The number of ether oxygens (including phenoxy) is 1. The minimum Gasteiger partial charge on any atom is -0.469 e. The number of piperidine rings is 1. The molecule has 0 unspecified atom stereocenters. The Morgan fingerprint density at radius 3 is 2.33 bits per heavy atom. The summed E-state index contributed by atoms with van der Waals surface area (Å²) in [4.78, 5) is 41.2. The van der Waals surface area contributed by atoms with E-state index < -0.39 is 5.91 Å². The molecule has 30 heavy (non-hydrogen) atoms.